The third-order valence-electron chi connectivity index (χ3n) is 4.27. The Kier molecular flexibility index (Phi) is 7.02. The quantitative estimate of drug-likeness (QED) is 0.730. The van der Waals surface area contributed by atoms with Gasteiger partial charge < -0.3 is 4.90 Å². The lowest BCUT2D eigenvalue weighted by molar-refractivity contribution is 0.0755. The highest BCUT2D eigenvalue weighted by atomic mass is 32.2. The predicted octanol–water partition coefficient (Wildman–Crippen LogP) is 4.37. The number of aryl methyl sites for hydroxylation is 2. The Morgan fingerprint density at radius 1 is 1.00 bits per heavy atom. The minimum atomic E-state index is -3.72. The minimum Gasteiger partial charge on any atom is -0.339 e. The average molecular weight is 389 g/mol. The van der Waals surface area contributed by atoms with Gasteiger partial charge in [0.2, 0.25) is 0 Å². The van der Waals surface area contributed by atoms with Crippen LogP contribution in [-0.4, -0.2) is 32.3 Å². The minimum absolute atomic E-state index is 0.0773. The summed E-state index contributed by atoms with van der Waals surface area (Å²) in [6, 6.07) is 12.0. The number of benzene rings is 2. The van der Waals surface area contributed by atoms with Crippen molar-refractivity contribution < 1.29 is 13.2 Å². The maximum atomic E-state index is 12.8. The van der Waals surface area contributed by atoms with Crippen molar-refractivity contribution in [3.63, 3.8) is 0 Å². The first kappa shape index (κ1) is 21.0. The lowest BCUT2D eigenvalue weighted by Crippen LogP contribution is -2.32. The van der Waals surface area contributed by atoms with Gasteiger partial charge in [0.1, 0.15) is 0 Å². The first-order valence-electron chi connectivity index (χ1n) is 9.28. The fourth-order valence-electron chi connectivity index (χ4n) is 2.96. The van der Waals surface area contributed by atoms with Crippen LogP contribution in [0.1, 0.15) is 48.2 Å². The van der Waals surface area contributed by atoms with Gasteiger partial charge in [-0.25, -0.2) is 8.42 Å². The van der Waals surface area contributed by atoms with Gasteiger partial charge in [-0.05, 0) is 62.1 Å². The predicted molar refractivity (Wildman–Crippen MR) is 110 cm³/mol. The lowest BCUT2D eigenvalue weighted by atomic mass is 10.1. The van der Waals surface area contributed by atoms with Crippen molar-refractivity contribution in [3.05, 3.63) is 59.2 Å². The van der Waals surface area contributed by atoms with Crippen LogP contribution in [0.15, 0.2) is 47.4 Å². The Morgan fingerprint density at radius 2 is 1.67 bits per heavy atom. The average Bonchev–Trinajstić information content (AvgIpc) is 2.62. The van der Waals surface area contributed by atoms with E-state index in [0.29, 0.717) is 29.9 Å². The molecule has 0 aliphatic carbocycles. The fraction of sp³-hybridized carbons (Fsp3) is 0.381. The molecule has 0 saturated heterocycles. The number of nitrogens with zero attached hydrogens (tertiary/aromatic N) is 1. The standard InChI is InChI=1S/C21H28N2O3S/c1-5-12-23(13-6-2)21(24)18-8-7-9-19(15-18)22-27(25,26)20-14-16(3)10-11-17(20)4/h7-11,14-15,22H,5-6,12-13H2,1-4H3. The maximum Gasteiger partial charge on any atom is 0.262 e. The van der Waals surface area contributed by atoms with Crippen molar-refractivity contribution in [2.75, 3.05) is 17.8 Å². The zero-order valence-corrected chi connectivity index (χ0v) is 17.3. The summed E-state index contributed by atoms with van der Waals surface area (Å²) in [5.41, 5.74) is 2.42. The molecule has 1 amide bonds. The molecule has 0 saturated carbocycles. The van der Waals surface area contributed by atoms with Crippen molar-refractivity contribution >= 4 is 21.6 Å². The van der Waals surface area contributed by atoms with Crippen LogP contribution < -0.4 is 4.72 Å². The Balaban J connectivity index is 2.29. The highest BCUT2D eigenvalue weighted by Crippen LogP contribution is 2.21. The SMILES string of the molecule is CCCN(CCC)C(=O)c1cccc(NS(=O)(=O)c2cc(C)ccc2C)c1. The Morgan fingerprint density at radius 3 is 2.30 bits per heavy atom. The second-order valence-corrected chi connectivity index (χ2v) is 8.40. The number of carbonyl (C=O) groups excluding carboxylic acids is 1. The molecule has 2 rings (SSSR count). The smallest absolute Gasteiger partial charge is 0.262 e. The zero-order chi connectivity index (χ0) is 20.0. The summed E-state index contributed by atoms with van der Waals surface area (Å²) >= 11 is 0. The van der Waals surface area contributed by atoms with Gasteiger partial charge in [0.25, 0.3) is 15.9 Å². The van der Waals surface area contributed by atoms with Crippen LogP contribution >= 0.6 is 0 Å². The summed E-state index contributed by atoms with van der Waals surface area (Å²) in [6.45, 7) is 9.06. The topological polar surface area (TPSA) is 66.5 Å². The first-order valence-corrected chi connectivity index (χ1v) is 10.8. The van der Waals surface area contributed by atoms with Gasteiger partial charge in [0.05, 0.1) is 4.90 Å². The summed E-state index contributed by atoms with van der Waals surface area (Å²) in [6.07, 6.45) is 1.76. The number of hydrogen-bond acceptors (Lipinski definition) is 3. The number of anilines is 1. The Bertz CT molecular complexity index is 901. The van der Waals surface area contributed by atoms with Gasteiger partial charge in [0.15, 0.2) is 0 Å². The van der Waals surface area contributed by atoms with Crippen LogP contribution in [0.2, 0.25) is 0 Å². The summed E-state index contributed by atoms with van der Waals surface area (Å²) in [5, 5.41) is 0. The molecular weight excluding hydrogens is 360 g/mol. The lowest BCUT2D eigenvalue weighted by Gasteiger charge is -2.22. The molecule has 6 heteroatoms. The molecule has 2 aromatic rings. The van der Waals surface area contributed by atoms with Crippen LogP contribution in [0.3, 0.4) is 0 Å². The van der Waals surface area contributed by atoms with E-state index in [1.807, 2.05) is 26.8 Å². The fourth-order valence-corrected chi connectivity index (χ4v) is 4.34. The van der Waals surface area contributed by atoms with Crippen LogP contribution in [0, 0.1) is 13.8 Å². The van der Waals surface area contributed by atoms with E-state index >= 15 is 0 Å². The van der Waals surface area contributed by atoms with Crippen LogP contribution in [0.25, 0.3) is 0 Å². The molecule has 0 unspecified atom stereocenters. The van der Waals surface area contributed by atoms with Gasteiger partial charge in [-0.2, -0.15) is 0 Å². The third-order valence-corrected chi connectivity index (χ3v) is 5.79. The number of nitrogens with one attached hydrogen (secondary N) is 1. The van der Waals surface area contributed by atoms with Crippen molar-refractivity contribution in [2.24, 2.45) is 0 Å². The van der Waals surface area contributed by atoms with Crippen LogP contribution in [0.5, 0.6) is 0 Å². The molecule has 0 bridgehead atoms. The molecule has 0 aromatic heterocycles. The Labute approximate surface area is 162 Å². The van der Waals surface area contributed by atoms with Crippen molar-refractivity contribution in [2.45, 2.75) is 45.4 Å². The number of amides is 1. The summed E-state index contributed by atoms with van der Waals surface area (Å²) in [7, 11) is -3.72. The van der Waals surface area contributed by atoms with Gasteiger partial charge >= 0.3 is 0 Å². The number of carbonyl (C=O) groups is 1. The van der Waals surface area contributed by atoms with E-state index in [4.69, 9.17) is 0 Å². The molecule has 0 aliphatic heterocycles. The maximum absolute atomic E-state index is 12.8. The molecule has 5 nitrogen and oxygen atoms in total. The van der Waals surface area contributed by atoms with Crippen LogP contribution in [0.4, 0.5) is 5.69 Å². The molecule has 0 atom stereocenters. The normalized spacial score (nSPS) is 11.3. The molecule has 0 fully saturated rings. The molecule has 0 heterocycles. The monoisotopic (exact) mass is 388 g/mol. The number of rotatable bonds is 8. The highest BCUT2D eigenvalue weighted by Gasteiger charge is 2.19. The highest BCUT2D eigenvalue weighted by molar-refractivity contribution is 7.92. The number of sulfonamides is 1. The molecule has 0 spiro atoms. The molecule has 0 radical (unpaired) electrons. The third kappa shape index (κ3) is 5.32. The van der Waals surface area contributed by atoms with Crippen molar-refractivity contribution in [3.8, 4) is 0 Å². The molecule has 0 aliphatic rings. The zero-order valence-electron chi connectivity index (χ0n) is 16.5. The molecule has 1 N–H and O–H groups in total. The molecule has 2 aromatic carbocycles. The summed E-state index contributed by atoms with van der Waals surface area (Å²) in [4.78, 5) is 14.8. The van der Waals surface area contributed by atoms with E-state index in [1.54, 1.807) is 48.2 Å². The van der Waals surface area contributed by atoms with Gasteiger partial charge in [0, 0.05) is 24.3 Å². The van der Waals surface area contributed by atoms with Gasteiger partial charge in [-0.1, -0.05) is 32.0 Å². The van der Waals surface area contributed by atoms with Crippen molar-refractivity contribution in [1.82, 2.24) is 4.90 Å². The van der Waals surface area contributed by atoms with E-state index in [0.717, 1.165) is 18.4 Å². The Hall–Kier alpha value is -2.34. The summed E-state index contributed by atoms with van der Waals surface area (Å²) in [5.74, 6) is -0.0773. The first-order chi connectivity index (χ1) is 12.8. The molecule has 146 valence electrons. The van der Waals surface area contributed by atoms with Crippen LogP contribution in [-0.2, 0) is 10.0 Å². The van der Waals surface area contributed by atoms with E-state index in [1.165, 1.54) is 0 Å². The second kappa shape index (κ2) is 9.04. The van der Waals surface area contributed by atoms with E-state index in [-0.39, 0.29) is 10.8 Å². The van der Waals surface area contributed by atoms with E-state index in [2.05, 4.69) is 4.72 Å². The van der Waals surface area contributed by atoms with Gasteiger partial charge in [-0.15, -0.1) is 0 Å². The second-order valence-electron chi connectivity index (χ2n) is 6.75. The van der Waals surface area contributed by atoms with Crippen molar-refractivity contribution in [1.29, 1.82) is 0 Å². The largest absolute Gasteiger partial charge is 0.339 e. The molecule has 27 heavy (non-hydrogen) atoms. The van der Waals surface area contributed by atoms with E-state index in [9.17, 15) is 13.2 Å². The number of hydrogen-bond donors (Lipinski definition) is 1. The molecular formula is C21H28N2O3S. The van der Waals surface area contributed by atoms with E-state index < -0.39 is 10.0 Å². The summed E-state index contributed by atoms with van der Waals surface area (Å²) < 4.78 is 28.2. The van der Waals surface area contributed by atoms with Gasteiger partial charge in [-0.3, -0.25) is 9.52 Å².